The van der Waals surface area contributed by atoms with Crippen molar-refractivity contribution in [1.29, 1.82) is 0 Å². The molecule has 0 saturated carbocycles. The van der Waals surface area contributed by atoms with Crippen LogP contribution in [0.25, 0.3) is 32.9 Å². The maximum Gasteiger partial charge on any atom is 0.272 e. The number of rotatable bonds is 1. The number of nitrogens with one attached hydrogen (secondary N) is 2. The lowest BCUT2D eigenvalue weighted by Crippen LogP contribution is -2.13. The minimum Gasteiger partial charge on any atom is -0.394 e. The zero-order valence-corrected chi connectivity index (χ0v) is 13.0. The number of anilines is 1. The molecule has 0 aliphatic heterocycles. The molecule has 0 aliphatic rings. The Hall–Kier alpha value is -2.79. The van der Waals surface area contributed by atoms with Crippen LogP contribution in [0, 0.1) is 6.92 Å². The molecule has 6 heteroatoms. The number of H-pyrrole nitrogens is 2. The van der Waals surface area contributed by atoms with E-state index in [2.05, 4.69) is 15.2 Å². The van der Waals surface area contributed by atoms with Crippen LogP contribution in [0.1, 0.15) is 5.56 Å². The lowest BCUT2D eigenvalue weighted by atomic mass is 9.95. The van der Waals surface area contributed by atoms with Gasteiger partial charge in [-0.25, -0.2) is 0 Å². The fourth-order valence-electron chi connectivity index (χ4n) is 2.96. The Balaban J connectivity index is 2.22. The van der Waals surface area contributed by atoms with Crippen molar-refractivity contribution in [2.45, 2.75) is 6.92 Å². The topological polar surface area (TPSA) is 87.6 Å². The number of aromatic nitrogens is 3. The molecular weight excluding hydrogens is 312 g/mol. The highest BCUT2D eigenvalue weighted by atomic mass is 35.5. The van der Waals surface area contributed by atoms with Crippen molar-refractivity contribution in [2.75, 3.05) is 5.73 Å². The van der Waals surface area contributed by atoms with E-state index in [-0.39, 0.29) is 11.2 Å². The molecule has 5 nitrogen and oxygen atoms in total. The van der Waals surface area contributed by atoms with Crippen molar-refractivity contribution in [3.8, 4) is 11.1 Å². The van der Waals surface area contributed by atoms with Gasteiger partial charge in [0, 0.05) is 26.9 Å². The van der Waals surface area contributed by atoms with Gasteiger partial charge in [0.25, 0.3) is 5.56 Å². The second-order valence-corrected chi connectivity index (χ2v) is 5.96. The van der Waals surface area contributed by atoms with E-state index in [1.807, 2.05) is 25.1 Å². The molecule has 0 amide bonds. The number of hydrogen-bond donors (Lipinski definition) is 3. The van der Waals surface area contributed by atoms with E-state index >= 15 is 0 Å². The zero-order valence-electron chi connectivity index (χ0n) is 12.3. The van der Waals surface area contributed by atoms with E-state index in [1.165, 1.54) is 0 Å². The first-order valence-corrected chi connectivity index (χ1v) is 7.48. The highest BCUT2D eigenvalue weighted by Gasteiger charge is 2.16. The Morgan fingerprint density at radius 3 is 2.83 bits per heavy atom. The van der Waals surface area contributed by atoms with Crippen molar-refractivity contribution in [3.05, 3.63) is 57.5 Å². The van der Waals surface area contributed by atoms with Crippen molar-refractivity contribution in [3.63, 3.8) is 0 Å². The molecule has 114 valence electrons. The van der Waals surface area contributed by atoms with Crippen LogP contribution in [0.4, 0.5) is 5.69 Å². The average Bonchev–Trinajstić information content (AvgIpc) is 3.01. The molecule has 4 rings (SSSR count). The number of benzene rings is 2. The normalized spacial score (nSPS) is 11.4. The van der Waals surface area contributed by atoms with Gasteiger partial charge in [-0.3, -0.25) is 9.89 Å². The highest BCUT2D eigenvalue weighted by molar-refractivity contribution is 6.31. The van der Waals surface area contributed by atoms with Gasteiger partial charge in [0.15, 0.2) is 0 Å². The van der Waals surface area contributed by atoms with Gasteiger partial charge < -0.3 is 10.7 Å². The number of nitrogens with two attached hydrogens (primary N) is 1. The molecule has 4 N–H and O–H groups in total. The first-order chi connectivity index (χ1) is 11.1. The Morgan fingerprint density at radius 1 is 1.17 bits per heavy atom. The number of nitrogen functional groups attached to an aromatic ring is 1. The molecular formula is C17H13ClN4O. The molecule has 4 aromatic rings. The minimum atomic E-state index is -0.313. The quantitative estimate of drug-likeness (QED) is 0.499. The standard InChI is InChI=1S/C17H13ClN4O/c1-8-2-4-10(12-7-20-22-16(8)12)14-11-6-9(18)3-5-13(11)21-17(23)15(14)19/h2-7H,19H2,1H3,(H,20,22)(H,21,23). The second kappa shape index (κ2) is 4.86. The Kier molecular flexibility index (Phi) is 2.92. The summed E-state index contributed by atoms with van der Waals surface area (Å²) in [6, 6.07) is 9.26. The van der Waals surface area contributed by atoms with Gasteiger partial charge in [-0.05, 0) is 36.2 Å². The van der Waals surface area contributed by atoms with E-state index in [9.17, 15) is 4.79 Å². The highest BCUT2D eigenvalue weighted by Crippen LogP contribution is 2.36. The molecule has 23 heavy (non-hydrogen) atoms. The van der Waals surface area contributed by atoms with E-state index in [1.54, 1.807) is 18.3 Å². The fourth-order valence-corrected chi connectivity index (χ4v) is 3.13. The maximum atomic E-state index is 12.2. The first kappa shape index (κ1) is 13.8. The summed E-state index contributed by atoms with van der Waals surface area (Å²) < 4.78 is 0. The molecule has 0 unspecified atom stereocenters. The third-order valence-electron chi connectivity index (χ3n) is 4.11. The molecule has 2 aromatic heterocycles. The minimum absolute atomic E-state index is 0.172. The molecule has 0 saturated heterocycles. The van der Waals surface area contributed by atoms with Crippen molar-refractivity contribution in [1.82, 2.24) is 15.2 Å². The number of halogens is 1. The van der Waals surface area contributed by atoms with E-state index in [0.717, 1.165) is 27.4 Å². The molecule has 2 aromatic carbocycles. The largest absolute Gasteiger partial charge is 0.394 e. The summed E-state index contributed by atoms with van der Waals surface area (Å²) in [5.74, 6) is 0. The van der Waals surface area contributed by atoms with Crippen LogP contribution in [0.2, 0.25) is 5.02 Å². The molecule has 0 bridgehead atoms. The number of pyridine rings is 1. The predicted octanol–water partition coefficient (Wildman–Crippen LogP) is 3.62. The number of aromatic amines is 2. The van der Waals surface area contributed by atoms with Crippen LogP contribution in [0.3, 0.4) is 0 Å². The van der Waals surface area contributed by atoms with Gasteiger partial charge in [0.1, 0.15) is 5.69 Å². The lowest BCUT2D eigenvalue weighted by Gasteiger charge is -2.12. The molecule has 0 fully saturated rings. The predicted molar refractivity (Wildman–Crippen MR) is 93.8 cm³/mol. The summed E-state index contributed by atoms with van der Waals surface area (Å²) >= 11 is 6.14. The van der Waals surface area contributed by atoms with Gasteiger partial charge in [-0.2, -0.15) is 5.10 Å². The van der Waals surface area contributed by atoms with E-state index < -0.39 is 0 Å². The summed E-state index contributed by atoms with van der Waals surface area (Å²) in [7, 11) is 0. The zero-order chi connectivity index (χ0) is 16.1. The molecule has 0 aliphatic carbocycles. The van der Waals surface area contributed by atoms with Crippen LogP contribution in [0.5, 0.6) is 0 Å². The van der Waals surface area contributed by atoms with Crippen LogP contribution >= 0.6 is 11.6 Å². The maximum absolute atomic E-state index is 12.2. The van der Waals surface area contributed by atoms with Gasteiger partial charge in [-0.1, -0.05) is 23.7 Å². The van der Waals surface area contributed by atoms with Crippen LogP contribution in [-0.2, 0) is 0 Å². The first-order valence-electron chi connectivity index (χ1n) is 7.10. The molecule has 0 spiro atoms. The summed E-state index contributed by atoms with van der Waals surface area (Å²) in [5, 5.41) is 9.42. The number of nitrogens with zero attached hydrogens (tertiary/aromatic N) is 1. The van der Waals surface area contributed by atoms with Crippen LogP contribution in [-0.4, -0.2) is 15.2 Å². The Bertz CT molecular complexity index is 1130. The average molecular weight is 325 g/mol. The van der Waals surface area contributed by atoms with Crippen LogP contribution < -0.4 is 11.3 Å². The van der Waals surface area contributed by atoms with Gasteiger partial charge >= 0.3 is 0 Å². The van der Waals surface area contributed by atoms with Crippen LogP contribution in [0.15, 0.2) is 41.3 Å². The van der Waals surface area contributed by atoms with Gasteiger partial charge in [-0.15, -0.1) is 0 Å². The summed E-state index contributed by atoms with van der Waals surface area (Å²) in [6.07, 6.45) is 1.74. The number of hydrogen-bond acceptors (Lipinski definition) is 3. The summed E-state index contributed by atoms with van der Waals surface area (Å²) in [5.41, 5.74) is 10.2. The molecule has 0 atom stereocenters. The van der Waals surface area contributed by atoms with Crippen molar-refractivity contribution >= 4 is 39.1 Å². The number of aryl methyl sites for hydroxylation is 1. The van der Waals surface area contributed by atoms with Crippen molar-refractivity contribution in [2.24, 2.45) is 0 Å². The Labute approximate surface area is 136 Å². The molecule has 0 radical (unpaired) electrons. The third-order valence-corrected chi connectivity index (χ3v) is 4.34. The third kappa shape index (κ3) is 2.01. The summed E-state index contributed by atoms with van der Waals surface area (Å²) in [4.78, 5) is 15.0. The second-order valence-electron chi connectivity index (χ2n) is 5.52. The van der Waals surface area contributed by atoms with Gasteiger partial charge in [0.2, 0.25) is 0 Å². The lowest BCUT2D eigenvalue weighted by molar-refractivity contribution is 1.11. The Morgan fingerprint density at radius 2 is 2.00 bits per heavy atom. The fraction of sp³-hybridized carbons (Fsp3) is 0.0588. The summed E-state index contributed by atoms with van der Waals surface area (Å²) in [6.45, 7) is 2.00. The SMILES string of the molecule is Cc1ccc(-c2c(N)c(=O)[nH]c3ccc(Cl)cc23)c2cn[nH]c12. The van der Waals surface area contributed by atoms with E-state index in [0.29, 0.717) is 16.1 Å². The number of fused-ring (bicyclic) bond motifs is 2. The van der Waals surface area contributed by atoms with E-state index in [4.69, 9.17) is 17.3 Å². The smallest absolute Gasteiger partial charge is 0.272 e. The van der Waals surface area contributed by atoms with Crippen molar-refractivity contribution < 1.29 is 0 Å². The molecule has 2 heterocycles. The monoisotopic (exact) mass is 324 g/mol. The van der Waals surface area contributed by atoms with Gasteiger partial charge in [0.05, 0.1) is 11.7 Å².